The lowest BCUT2D eigenvalue weighted by Crippen LogP contribution is -2.43. The average Bonchev–Trinajstić information content (AvgIpc) is 2.88. The summed E-state index contributed by atoms with van der Waals surface area (Å²) in [5.41, 5.74) is 2.87. The molecule has 1 atom stereocenters. The number of nitrogens with zero attached hydrogens (tertiary/aromatic N) is 1. The highest BCUT2D eigenvalue weighted by atomic mass is 19.3. The molecule has 0 saturated carbocycles. The molecule has 0 heterocycles. The highest BCUT2D eigenvalue weighted by molar-refractivity contribution is 6.00. The number of benzene rings is 3. The minimum Gasteiger partial charge on any atom is -0.508 e. The summed E-state index contributed by atoms with van der Waals surface area (Å²) in [5, 5.41) is 12.7. The molecule has 0 spiro atoms. The molecule has 2 N–H and O–H groups in total. The minimum absolute atomic E-state index is 0.0860. The molecule has 3 aromatic carbocycles. The number of allylic oxidation sites excluding steroid dienone is 2. The summed E-state index contributed by atoms with van der Waals surface area (Å²) < 4.78 is 12.6. The molecule has 0 aromatic heterocycles. The Morgan fingerprint density at radius 1 is 1.03 bits per heavy atom. The molecule has 0 aliphatic rings. The van der Waals surface area contributed by atoms with Gasteiger partial charge in [0.05, 0.1) is 5.41 Å². The number of nitrogens with one attached hydrogen (secondary N) is 1. The van der Waals surface area contributed by atoms with Gasteiger partial charge in [-0.1, -0.05) is 74.5 Å². The molecule has 188 valence electrons. The Kier molecular flexibility index (Phi) is 9.01. The smallest absolute Gasteiger partial charge is 0.231 e. The Labute approximate surface area is 212 Å². The van der Waals surface area contributed by atoms with E-state index < -0.39 is 5.41 Å². The van der Waals surface area contributed by atoms with E-state index in [4.69, 9.17) is 0 Å². The SMILES string of the molecule is C/C=C(/CCc1ccccc1)N=C(C)NC(=O)C(C)(C)C(c1ccc(O)cc1)c1ccc(OF)cc1. The number of rotatable bonds is 9. The van der Waals surface area contributed by atoms with E-state index >= 15 is 0 Å². The highest BCUT2D eigenvalue weighted by Gasteiger charge is 2.39. The van der Waals surface area contributed by atoms with Gasteiger partial charge in [0.2, 0.25) is 5.91 Å². The van der Waals surface area contributed by atoms with Crippen LogP contribution in [0.25, 0.3) is 0 Å². The van der Waals surface area contributed by atoms with E-state index in [-0.39, 0.29) is 23.3 Å². The second-order valence-corrected chi connectivity index (χ2v) is 9.31. The molecule has 1 amide bonds. The predicted octanol–water partition coefficient (Wildman–Crippen LogP) is 6.88. The molecular formula is C30H33FN2O3. The van der Waals surface area contributed by atoms with Crippen molar-refractivity contribution in [1.82, 2.24) is 5.32 Å². The summed E-state index contributed by atoms with van der Waals surface area (Å²) in [4.78, 5) is 22.0. The van der Waals surface area contributed by atoms with Gasteiger partial charge in [-0.15, -0.1) is 0 Å². The van der Waals surface area contributed by atoms with Crippen molar-refractivity contribution in [2.75, 3.05) is 0 Å². The molecule has 5 nitrogen and oxygen atoms in total. The first-order chi connectivity index (χ1) is 17.2. The van der Waals surface area contributed by atoms with E-state index in [0.717, 1.165) is 29.7 Å². The van der Waals surface area contributed by atoms with Gasteiger partial charge < -0.3 is 10.4 Å². The first-order valence-electron chi connectivity index (χ1n) is 12.0. The van der Waals surface area contributed by atoms with Crippen LogP contribution >= 0.6 is 0 Å². The third-order valence-electron chi connectivity index (χ3n) is 6.29. The first kappa shape index (κ1) is 26.7. The number of amidine groups is 1. The van der Waals surface area contributed by atoms with Gasteiger partial charge in [0.15, 0.2) is 5.75 Å². The molecule has 0 bridgehead atoms. The van der Waals surface area contributed by atoms with Gasteiger partial charge in [0.25, 0.3) is 0 Å². The van der Waals surface area contributed by atoms with Crippen molar-refractivity contribution in [2.24, 2.45) is 10.4 Å². The first-order valence-corrected chi connectivity index (χ1v) is 12.0. The zero-order chi connectivity index (χ0) is 26.1. The van der Waals surface area contributed by atoms with Crippen molar-refractivity contribution in [3.05, 3.63) is 107 Å². The summed E-state index contributed by atoms with van der Waals surface area (Å²) in [6.07, 6.45) is 3.58. The number of carbonyl (C=O) groups excluding carboxylic acids is 1. The van der Waals surface area contributed by atoms with Crippen LogP contribution in [0.2, 0.25) is 0 Å². The van der Waals surface area contributed by atoms with Gasteiger partial charge in [0, 0.05) is 16.1 Å². The third kappa shape index (κ3) is 6.81. The molecule has 6 heteroatoms. The molecule has 0 radical (unpaired) electrons. The number of amides is 1. The summed E-state index contributed by atoms with van der Waals surface area (Å²) >= 11 is 0. The summed E-state index contributed by atoms with van der Waals surface area (Å²) in [5.74, 6) is 0.158. The second-order valence-electron chi connectivity index (χ2n) is 9.31. The maximum Gasteiger partial charge on any atom is 0.231 e. The molecule has 3 rings (SSSR count). The molecule has 3 aromatic rings. The van der Waals surface area contributed by atoms with Crippen LogP contribution in [-0.4, -0.2) is 16.8 Å². The van der Waals surface area contributed by atoms with Crippen molar-refractivity contribution >= 4 is 11.7 Å². The average molecular weight is 489 g/mol. The number of aryl methyl sites for hydroxylation is 1. The van der Waals surface area contributed by atoms with Gasteiger partial charge in [-0.3, -0.25) is 9.74 Å². The number of hydrogen-bond donors (Lipinski definition) is 2. The molecule has 0 fully saturated rings. The fourth-order valence-corrected chi connectivity index (χ4v) is 4.29. The predicted molar refractivity (Wildman–Crippen MR) is 142 cm³/mol. The normalized spacial score (nSPS) is 13.2. The summed E-state index contributed by atoms with van der Waals surface area (Å²) in [6.45, 7) is 7.44. The van der Waals surface area contributed by atoms with Gasteiger partial charge in [-0.2, -0.15) is 0 Å². The molecular weight excluding hydrogens is 455 g/mol. The van der Waals surface area contributed by atoms with Crippen LogP contribution in [0.5, 0.6) is 11.5 Å². The number of aliphatic imine (C=N–C) groups is 1. The number of phenolic OH excluding ortho intramolecular Hbond substituents is 1. The van der Waals surface area contributed by atoms with Crippen LogP contribution in [-0.2, 0) is 11.2 Å². The lowest BCUT2D eigenvalue weighted by atomic mass is 9.70. The second kappa shape index (κ2) is 12.2. The minimum atomic E-state index is -0.911. The van der Waals surface area contributed by atoms with Crippen LogP contribution in [0.15, 0.2) is 95.6 Å². The van der Waals surface area contributed by atoms with Gasteiger partial charge in [-0.25, -0.2) is 4.99 Å². The van der Waals surface area contributed by atoms with Crippen LogP contribution in [0.4, 0.5) is 4.53 Å². The monoisotopic (exact) mass is 488 g/mol. The molecule has 0 saturated heterocycles. The van der Waals surface area contributed by atoms with E-state index in [9.17, 15) is 14.4 Å². The van der Waals surface area contributed by atoms with E-state index in [1.807, 2.05) is 45.0 Å². The maximum absolute atomic E-state index is 13.6. The van der Waals surface area contributed by atoms with E-state index in [0.29, 0.717) is 5.84 Å². The molecule has 0 aliphatic carbocycles. The van der Waals surface area contributed by atoms with Crippen molar-refractivity contribution in [3.63, 3.8) is 0 Å². The summed E-state index contributed by atoms with van der Waals surface area (Å²) in [7, 11) is 0. The van der Waals surface area contributed by atoms with Crippen molar-refractivity contribution in [1.29, 1.82) is 0 Å². The van der Waals surface area contributed by atoms with E-state index in [1.54, 1.807) is 43.3 Å². The van der Waals surface area contributed by atoms with E-state index in [2.05, 4.69) is 27.4 Å². The Morgan fingerprint density at radius 3 is 2.17 bits per heavy atom. The number of aromatic hydroxyl groups is 1. The van der Waals surface area contributed by atoms with Crippen molar-refractivity contribution < 1.29 is 19.4 Å². The number of phenols is 1. The number of hydrogen-bond acceptors (Lipinski definition) is 4. The number of carbonyl (C=O) groups is 1. The van der Waals surface area contributed by atoms with Gasteiger partial charge in [0.1, 0.15) is 11.6 Å². The number of halogens is 1. The largest absolute Gasteiger partial charge is 0.508 e. The van der Waals surface area contributed by atoms with Crippen LogP contribution in [0, 0.1) is 5.41 Å². The lowest BCUT2D eigenvalue weighted by Gasteiger charge is -2.34. The quantitative estimate of drug-likeness (QED) is 0.255. The zero-order valence-electron chi connectivity index (χ0n) is 21.2. The van der Waals surface area contributed by atoms with E-state index in [1.165, 1.54) is 17.7 Å². The Balaban J connectivity index is 1.82. The lowest BCUT2D eigenvalue weighted by molar-refractivity contribution is -0.128. The fourth-order valence-electron chi connectivity index (χ4n) is 4.29. The topological polar surface area (TPSA) is 70.9 Å². The van der Waals surface area contributed by atoms with Gasteiger partial charge in [-0.05, 0) is 67.6 Å². The van der Waals surface area contributed by atoms with Crippen LogP contribution in [0.1, 0.15) is 56.7 Å². The summed E-state index contributed by atoms with van der Waals surface area (Å²) in [6, 6.07) is 23.5. The van der Waals surface area contributed by atoms with Crippen molar-refractivity contribution in [2.45, 2.75) is 46.5 Å². The van der Waals surface area contributed by atoms with Crippen LogP contribution in [0.3, 0.4) is 0 Å². The molecule has 36 heavy (non-hydrogen) atoms. The third-order valence-corrected chi connectivity index (χ3v) is 6.29. The Bertz CT molecular complexity index is 1200. The van der Waals surface area contributed by atoms with Crippen LogP contribution < -0.4 is 10.3 Å². The molecule has 1 unspecified atom stereocenters. The maximum atomic E-state index is 13.6. The Hall–Kier alpha value is -3.93. The standard InChI is InChI=1S/C30H33FN2O3/c1-5-25(16-11-22-9-7-6-8-10-22)32-21(2)33-29(35)30(3,4)28(23-12-17-26(34)18-13-23)24-14-19-27(36-31)20-15-24/h5-10,12-15,17-20,28,34H,11,16H2,1-4H3,(H,32,33,35)/b25-5-. The highest BCUT2D eigenvalue weighted by Crippen LogP contribution is 2.42. The fraction of sp³-hybridized carbons (Fsp3) is 0.267. The Morgan fingerprint density at radius 2 is 1.61 bits per heavy atom. The van der Waals surface area contributed by atoms with Crippen molar-refractivity contribution in [3.8, 4) is 11.5 Å². The van der Waals surface area contributed by atoms with Gasteiger partial charge >= 0.3 is 0 Å². The molecule has 0 aliphatic heterocycles. The zero-order valence-corrected chi connectivity index (χ0v) is 21.2.